The first-order valence-corrected chi connectivity index (χ1v) is 2.33. The topological polar surface area (TPSA) is 54.4 Å². The van der Waals surface area contributed by atoms with Crippen LogP contribution in [0.4, 0.5) is 0 Å². The minimum absolute atomic E-state index is 0. The van der Waals surface area contributed by atoms with Crippen molar-refractivity contribution < 1.29 is 93.4 Å². The second-order valence-electron chi connectivity index (χ2n) is 0.238. The van der Waals surface area contributed by atoms with Gasteiger partial charge in [-0.2, -0.15) is 0 Å². The Bertz CT molecular complexity index is 63.3. The molecule has 1 N–H and O–H groups in total. The molecular formula is H2LaNaO3V. The Hall–Kier alpha value is 2.34. The van der Waals surface area contributed by atoms with Gasteiger partial charge in [0.15, 0.2) is 0 Å². The summed E-state index contributed by atoms with van der Waals surface area (Å²) in [5, 5.41) is 0. The predicted molar refractivity (Wildman–Crippen MR) is 4.70 cm³/mol. The van der Waals surface area contributed by atoms with E-state index in [0.717, 1.165) is 0 Å². The van der Waals surface area contributed by atoms with Crippen molar-refractivity contribution in [3.05, 3.63) is 0 Å². The number of hydrogen-bond donors (Lipinski definition) is 1. The van der Waals surface area contributed by atoms with Crippen molar-refractivity contribution in [2.75, 3.05) is 0 Å². The Balaban J connectivity index is -0.0000000150. The average molecular weight is 263 g/mol. The molecule has 0 aromatic rings. The fraction of sp³-hybridized carbons (Fsp3) is 0. The third kappa shape index (κ3) is 33.0. The van der Waals surface area contributed by atoms with E-state index in [2.05, 4.69) is 0 Å². The van der Waals surface area contributed by atoms with E-state index >= 15 is 0 Å². The number of hydrogen-bond acceptors (Lipinski definition) is 2. The first-order valence-electron chi connectivity index (χ1n) is 0.565. The molecular weight excluding hydrogens is 261 g/mol. The standard InChI is InChI=1S/La.Na.H2O.2O.V.H/h;;1H2;;;;/q;+1;;;;+1;-1/p-1. The molecule has 0 fully saturated rings. The zero-order valence-corrected chi connectivity index (χ0v) is 10.3. The molecule has 0 rings (SSSR count). The van der Waals surface area contributed by atoms with Crippen molar-refractivity contribution in [2.45, 2.75) is 0 Å². The van der Waals surface area contributed by atoms with Crippen molar-refractivity contribution in [3.8, 4) is 0 Å². The Morgan fingerprint density at radius 1 is 1.50 bits per heavy atom. The van der Waals surface area contributed by atoms with Gasteiger partial charge >= 0.3 is 56.3 Å². The normalized spacial score (nSPS) is 4.17. The van der Waals surface area contributed by atoms with E-state index in [0.29, 0.717) is 0 Å². The fourth-order valence-corrected chi connectivity index (χ4v) is 0. The molecule has 0 spiro atoms. The van der Waals surface area contributed by atoms with Crippen molar-refractivity contribution in [3.63, 3.8) is 0 Å². The van der Waals surface area contributed by atoms with E-state index in [4.69, 9.17) is 11.4 Å². The Labute approximate surface area is 91.6 Å². The molecule has 0 amide bonds. The van der Waals surface area contributed by atoms with Gasteiger partial charge in [0, 0.05) is 35.6 Å². The van der Waals surface area contributed by atoms with E-state index in [1.165, 1.54) is 0 Å². The van der Waals surface area contributed by atoms with Crippen LogP contribution in [-0.4, -0.2) is 4.03 Å². The summed E-state index contributed by atoms with van der Waals surface area (Å²) in [4.78, 5) is 0. The van der Waals surface area contributed by atoms with Crippen LogP contribution in [0.25, 0.3) is 0 Å². The Morgan fingerprint density at radius 2 is 1.50 bits per heavy atom. The summed E-state index contributed by atoms with van der Waals surface area (Å²) in [7, 11) is 0. The van der Waals surface area contributed by atoms with E-state index in [1.807, 2.05) is 0 Å². The molecule has 6 heteroatoms. The average Bonchev–Trinajstić information content (AvgIpc) is 0.811. The molecule has 0 aromatic heterocycles. The van der Waals surface area contributed by atoms with Crippen LogP contribution in [0.2, 0.25) is 0 Å². The van der Waals surface area contributed by atoms with E-state index in [-0.39, 0.29) is 66.6 Å². The molecule has 0 bridgehead atoms. The quantitative estimate of drug-likeness (QED) is 0.458. The van der Waals surface area contributed by atoms with Crippen LogP contribution in [0.1, 0.15) is 1.43 Å². The van der Waals surface area contributed by atoms with Gasteiger partial charge in [-0.3, -0.25) is 0 Å². The molecule has 1 radical (unpaired) electrons. The van der Waals surface area contributed by atoms with Crippen LogP contribution in [0.3, 0.4) is 0 Å². The van der Waals surface area contributed by atoms with Gasteiger partial charge in [0.1, 0.15) is 0 Å². The van der Waals surface area contributed by atoms with Crippen molar-refractivity contribution in [2.24, 2.45) is 0 Å². The Morgan fingerprint density at radius 3 is 1.50 bits per heavy atom. The monoisotopic (exact) mass is 263 g/mol. The van der Waals surface area contributed by atoms with Crippen LogP contribution in [0.15, 0.2) is 0 Å². The SMILES string of the molecule is [H-].[La].[Na+].[O]=[V](=[O])[OH]. The second kappa shape index (κ2) is 10.3. The van der Waals surface area contributed by atoms with Crippen molar-refractivity contribution >= 4 is 0 Å². The second-order valence-corrected chi connectivity index (χ2v) is 0.981. The van der Waals surface area contributed by atoms with Crippen LogP contribution in [0, 0.1) is 35.6 Å². The van der Waals surface area contributed by atoms with E-state index < -0.39 is 15.4 Å². The molecule has 29 valence electrons. The molecule has 0 unspecified atom stereocenters. The molecule has 3 nitrogen and oxygen atoms in total. The van der Waals surface area contributed by atoms with Gasteiger partial charge in [0.25, 0.3) is 0 Å². The van der Waals surface area contributed by atoms with Gasteiger partial charge in [-0.15, -0.1) is 0 Å². The summed E-state index contributed by atoms with van der Waals surface area (Å²) in [6, 6.07) is 0. The molecule has 6 heavy (non-hydrogen) atoms. The van der Waals surface area contributed by atoms with Gasteiger partial charge in [-0.05, 0) is 0 Å². The van der Waals surface area contributed by atoms with Gasteiger partial charge < -0.3 is 1.43 Å². The number of rotatable bonds is 0. The molecule has 0 aromatic carbocycles. The van der Waals surface area contributed by atoms with E-state index in [1.54, 1.807) is 0 Å². The molecule has 0 saturated heterocycles. The van der Waals surface area contributed by atoms with Crippen LogP contribution >= 0.6 is 0 Å². The van der Waals surface area contributed by atoms with Gasteiger partial charge in [0.05, 0.1) is 0 Å². The van der Waals surface area contributed by atoms with E-state index in [9.17, 15) is 0 Å². The summed E-state index contributed by atoms with van der Waals surface area (Å²) in [5.74, 6) is 0. The van der Waals surface area contributed by atoms with Crippen LogP contribution in [0.5, 0.6) is 0 Å². The maximum absolute atomic E-state index is 8.67. The predicted octanol–water partition coefficient (Wildman–Crippen LogP) is -3.68. The molecule has 0 aliphatic rings. The Kier molecular flexibility index (Phi) is 27.2. The first-order chi connectivity index (χ1) is 1.73. The molecule has 0 heterocycles. The summed E-state index contributed by atoms with van der Waals surface area (Å²) < 4.78 is 24.4. The molecule has 0 atom stereocenters. The van der Waals surface area contributed by atoms with Crippen LogP contribution < -0.4 is 29.6 Å². The van der Waals surface area contributed by atoms with Gasteiger partial charge in [0.2, 0.25) is 0 Å². The van der Waals surface area contributed by atoms with Crippen LogP contribution in [-0.2, 0) is 22.7 Å². The van der Waals surface area contributed by atoms with Gasteiger partial charge in [-0.25, -0.2) is 0 Å². The summed E-state index contributed by atoms with van der Waals surface area (Å²) >= 11 is -3.69. The van der Waals surface area contributed by atoms with Gasteiger partial charge in [-0.1, -0.05) is 0 Å². The summed E-state index contributed by atoms with van der Waals surface area (Å²) in [6.07, 6.45) is 0. The zero-order chi connectivity index (χ0) is 3.58. The third-order valence-corrected chi connectivity index (χ3v) is 0. The maximum atomic E-state index is 8.67. The molecule has 0 saturated carbocycles. The summed E-state index contributed by atoms with van der Waals surface area (Å²) in [5.41, 5.74) is 0. The molecule has 0 aliphatic heterocycles. The van der Waals surface area contributed by atoms with Crippen molar-refractivity contribution in [1.82, 2.24) is 0 Å². The fourth-order valence-electron chi connectivity index (χ4n) is 0. The zero-order valence-electron chi connectivity index (χ0n) is 4.29. The third-order valence-electron chi connectivity index (χ3n) is 0. The van der Waals surface area contributed by atoms with Crippen molar-refractivity contribution in [1.29, 1.82) is 0 Å². The summed E-state index contributed by atoms with van der Waals surface area (Å²) in [6.45, 7) is 0. The first kappa shape index (κ1) is 15.8. The minimum atomic E-state index is -3.69. The molecule has 0 aliphatic carbocycles.